The number of aliphatic imine (C=N–C) groups is 1. The van der Waals surface area contributed by atoms with E-state index in [9.17, 15) is 4.79 Å². The molecule has 0 radical (unpaired) electrons. The molecule has 1 aromatic heterocycles. The summed E-state index contributed by atoms with van der Waals surface area (Å²) in [5, 5.41) is 4.42. The minimum atomic E-state index is 0.162. The van der Waals surface area contributed by atoms with E-state index in [1.165, 1.54) is 5.56 Å². The Hall–Kier alpha value is -2.90. The Morgan fingerprint density at radius 2 is 1.88 bits per heavy atom. The summed E-state index contributed by atoms with van der Waals surface area (Å²) in [5.74, 6) is 1.14. The number of carbonyl (C=O) groups is 1. The van der Waals surface area contributed by atoms with Crippen molar-refractivity contribution in [2.75, 3.05) is 40.3 Å². The predicted molar refractivity (Wildman–Crippen MR) is 132 cm³/mol. The third kappa shape index (κ3) is 5.66. The molecule has 1 aliphatic rings. The standard InChI is InChI=1S/C25H29N5OS/c1-29(17-12-19-8-10-21(11-9-19)25-27-15-16-28-25)23(31)13-18-30(2)32-22-7-3-5-20-6-4-14-26-24(20)22/h3-11,14H,12-13,15-18H2,1-2H3,(H,27,28). The molecular formula is C25H29N5OS. The number of likely N-dealkylation sites (N-methyl/N-ethyl adjacent to an activating group) is 1. The second kappa shape index (κ2) is 10.6. The number of pyridine rings is 1. The molecule has 7 heteroatoms. The Balaban J connectivity index is 1.23. The highest BCUT2D eigenvalue weighted by Crippen LogP contribution is 2.28. The molecule has 1 aliphatic heterocycles. The van der Waals surface area contributed by atoms with Crippen molar-refractivity contribution in [3.8, 4) is 0 Å². The van der Waals surface area contributed by atoms with Gasteiger partial charge in [-0.1, -0.05) is 42.5 Å². The molecular weight excluding hydrogens is 418 g/mol. The van der Waals surface area contributed by atoms with Crippen LogP contribution in [0.3, 0.4) is 0 Å². The van der Waals surface area contributed by atoms with Crippen LogP contribution >= 0.6 is 11.9 Å². The summed E-state index contributed by atoms with van der Waals surface area (Å²) in [6, 6.07) is 18.7. The Bertz CT molecular complexity index is 1090. The number of aromatic nitrogens is 1. The van der Waals surface area contributed by atoms with Gasteiger partial charge in [-0.25, -0.2) is 4.31 Å². The Labute approximate surface area is 193 Å². The Morgan fingerprint density at radius 1 is 1.06 bits per heavy atom. The number of hydrogen-bond acceptors (Lipinski definition) is 6. The van der Waals surface area contributed by atoms with Gasteiger partial charge in [0.25, 0.3) is 0 Å². The average molecular weight is 448 g/mol. The molecule has 1 amide bonds. The van der Waals surface area contributed by atoms with E-state index in [0.29, 0.717) is 19.5 Å². The first kappa shape index (κ1) is 22.3. The zero-order chi connectivity index (χ0) is 22.3. The number of nitrogens with zero attached hydrogens (tertiary/aromatic N) is 4. The lowest BCUT2D eigenvalue weighted by Crippen LogP contribution is -2.31. The summed E-state index contributed by atoms with van der Waals surface area (Å²) in [5.41, 5.74) is 3.35. The van der Waals surface area contributed by atoms with Crippen LogP contribution in [0.2, 0.25) is 0 Å². The van der Waals surface area contributed by atoms with Gasteiger partial charge in [0.1, 0.15) is 5.84 Å². The van der Waals surface area contributed by atoms with Gasteiger partial charge >= 0.3 is 0 Å². The lowest BCUT2D eigenvalue weighted by molar-refractivity contribution is -0.129. The molecule has 0 atom stereocenters. The van der Waals surface area contributed by atoms with Gasteiger partial charge < -0.3 is 10.2 Å². The number of amidine groups is 1. The fourth-order valence-electron chi connectivity index (χ4n) is 3.65. The topological polar surface area (TPSA) is 60.8 Å². The normalized spacial score (nSPS) is 13.3. The van der Waals surface area contributed by atoms with Crippen LogP contribution in [0, 0.1) is 0 Å². The average Bonchev–Trinajstić information content (AvgIpc) is 3.36. The molecule has 0 bridgehead atoms. The van der Waals surface area contributed by atoms with Crippen LogP contribution in [0.1, 0.15) is 17.5 Å². The number of amides is 1. The maximum atomic E-state index is 12.6. The summed E-state index contributed by atoms with van der Waals surface area (Å²) in [6.07, 6.45) is 3.15. The van der Waals surface area contributed by atoms with E-state index < -0.39 is 0 Å². The number of hydrogen-bond donors (Lipinski definition) is 1. The first-order valence-corrected chi connectivity index (χ1v) is 11.7. The number of rotatable bonds is 9. The number of para-hydroxylation sites is 1. The molecule has 6 nitrogen and oxygen atoms in total. The number of carbonyl (C=O) groups excluding carboxylic acids is 1. The summed E-state index contributed by atoms with van der Waals surface area (Å²) < 4.78 is 2.10. The molecule has 32 heavy (non-hydrogen) atoms. The summed E-state index contributed by atoms with van der Waals surface area (Å²) in [4.78, 5) is 24.5. The highest BCUT2D eigenvalue weighted by Gasteiger charge is 2.13. The van der Waals surface area contributed by atoms with E-state index in [2.05, 4.69) is 62.1 Å². The van der Waals surface area contributed by atoms with Crippen LogP contribution in [0.15, 0.2) is 70.7 Å². The van der Waals surface area contributed by atoms with Crippen molar-refractivity contribution in [3.05, 3.63) is 71.9 Å². The van der Waals surface area contributed by atoms with Gasteiger partial charge in [0, 0.05) is 55.1 Å². The lowest BCUT2D eigenvalue weighted by atomic mass is 10.1. The van der Waals surface area contributed by atoms with E-state index >= 15 is 0 Å². The van der Waals surface area contributed by atoms with E-state index in [1.54, 1.807) is 11.9 Å². The fraction of sp³-hybridized carbons (Fsp3) is 0.320. The van der Waals surface area contributed by atoms with Crippen molar-refractivity contribution in [1.82, 2.24) is 19.5 Å². The van der Waals surface area contributed by atoms with Crippen molar-refractivity contribution in [1.29, 1.82) is 0 Å². The summed E-state index contributed by atoms with van der Waals surface area (Å²) in [6.45, 7) is 3.15. The van der Waals surface area contributed by atoms with Crippen molar-refractivity contribution in [2.24, 2.45) is 4.99 Å². The first-order valence-electron chi connectivity index (χ1n) is 10.9. The molecule has 2 heterocycles. The number of fused-ring (bicyclic) bond motifs is 1. The van der Waals surface area contributed by atoms with Crippen molar-refractivity contribution < 1.29 is 4.79 Å². The molecule has 0 saturated carbocycles. The van der Waals surface area contributed by atoms with Crippen molar-refractivity contribution in [3.63, 3.8) is 0 Å². The van der Waals surface area contributed by atoms with Crippen LogP contribution in [-0.2, 0) is 11.2 Å². The molecule has 1 N–H and O–H groups in total. The SMILES string of the molecule is CN(CCC(=O)N(C)CCc1ccc(C2=NCCN2)cc1)Sc1cccc2cccnc12. The van der Waals surface area contributed by atoms with Crippen LogP contribution in [-0.4, -0.2) is 66.2 Å². The van der Waals surface area contributed by atoms with Gasteiger partial charge in [-0.3, -0.25) is 14.8 Å². The van der Waals surface area contributed by atoms with E-state index in [0.717, 1.165) is 46.7 Å². The van der Waals surface area contributed by atoms with Crippen LogP contribution in [0.25, 0.3) is 10.9 Å². The van der Waals surface area contributed by atoms with Gasteiger partial charge in [0.2, 0.25) is 5.91 Å². The predicted octanol–water partition coefficient (Wildman–Crippen LogP) is 3.61. The minimum absolute atomic E-state index is 0.162. The van der Waals surface area contributed by atoms with Gasteiger partial charge in [-0.05, 0) is 43.1 Å². The molecule has 0 unspecified atom stereocenters. The highest BCUT2D eigenvalue weighted by molar-refractivity contribution is 7.97. The van der Waals surface area contributed by atoms with Crippen LogP contribution in [0.5, 0.6) is 0 Å². The summed E-state index contributed by atoms with van der Waals surface area (Å²) >= 11 is 1.63. The smallest absolute Gasteiger partial charge is 0.223 e. The maximum absolute atomic E-state index is 12.6. The van der Waals surface area contributed by atoms with Gasteiger partial charge in [-0.15, -0.1) is 0 Å². The quantitative estimate of drug-likeness (QED) is 0.508. The molecule has 0 saturated heterocycles. The molecule has 166 valence electrons. The second-order valence-corrected chi connectivity index (χ2v) is 9.19. The van der Waals surface area contributed by atoms with Gasteiger partial charge in [0.05, 0.1) is 12.1 Å². The summed E-state index contributed by atoms with van der Waals surface area (Å²) in [7, 11) is 3.90. The molecule has 3 aromatic rings. The van der Waals surface area contributed by atoms with Gasteiger partial charge in [-0.2, -0.15) is 0 Å². The maximum Gasteiger partial charge on any atom is 0.223 e. The minimum Gasteiger partial charge on any atom is -0.368 e. The van der Waals surface area contributed by atoms with E-state index in [1.807, 2.05) is 37.3 Å². The van der Waals surface area contributed by atoms with E-state index in [4.69, 9.17) is 0 Å². The second-order valence-electron chi connectivity index (χ2n) is 7.94. The van der Waals surface area contributed by atoms with E-state index in [-0.39, 0.29) is 5.91 Å². The molecule has 0 aliphatic carbocycles. The fourth-order valence-corrected chi connectivity index (χ4v) is 4.56. The Kier molecular flexibility index (Phi) is 7.39. The number of nitrogens with one attached hydrogen (secondary N) is 1. The molecule has 0 spiro atoms. The third-order valence-corrected chi connectivity index (χ3v) is 6.57. The lowest BCUT2D eigenvalue weighted by Gasteiger charge is -2.20. The van der Waals surface area contributed by atoms with Crippen LogP contribution in [0.4, 0.5) is 0 Å². The third-order valence-electron chi connectivity index (χ3n) is 5.55. The zero-order valence-electron chi connectivity index (χ0n) is 18.6. The largest absolute Gasteiger partial charge is 0.368 e. The van der Waals surface area contributed by atoms with Crippen LogP contribution < -0.4 is 5.32 Å². The van der Waals surface area contributed by atoms with Gasteiger partial charge in [0.15, 0.2) is 0 Å². The highest BCUT2D eigenvalue weighted by atomic mass is 32.2. The first-order chi connectivity index (χ1) is 15.6. The molecule has 2 aromatic carbocycles. The van der Waals surface area contributed by atoms with Crippen molar-refractivity contribution >= 4 is 34.6 Å². The number of benzene rings is 2. The molecule has 4 rings (SSSR count). The van der Waals surface area contributed by atoms with Crippen molar-refractivity contribution in [2.45, 2.75) is 17.7 Å². The Morgan fingerprint density at radius 3 is 2.66 bits per heavy atom. The zero-order valence-corrected chi connectivity index (χ0v) is 19.4. The monoisotopic (exact) mass is 447 g/mol. The molecule has 0 fully saturated rings.